The maximum absolute atomic E-state index is 2.29. The van der Waals surface area contributed by atoms with Crippen LogP contribution in [0.5, 0.6) is 0 Å². The number of rotatable bonds is 3. The van der Waals surface area contributed by atoms with Crippen molar-refractivity contribution in [2.24, 2.45) is 0 Å². The molecule has 0 aliphatic heterocycles. The number of benzene rings is 1. The normalized spacial score (nSPS) is 12.9. The fourth-order valence-corrected chi connectivity index (χ4v) is 1.65. The minimum atomic E-state index is 0.692. The van der Waals surface area contributed by atoms with Crippen molar-refractivity contribution in [3.05, 3.63) is 29.8 Å². The lowest BCUT2D eigenvalue weighted by molar-refractivity contribution is 0.731. The van der Waals surface area contributed by atoms with E-state index in [1.54, 1.807) is 0 Å². The molecule has 0 radical (unpaired) electrons. The quantitative estimate of drug-likeness (QED) is 0.635. The SMILES string of the molecule is CCC(C)c1cccc(SC)c1. The molecule has 1 aromatic rings. The van der Waals surface area contributed by atoms with Crippen LogP contribution in [0.25, 0.3) is 0 Å². The Labute approximate surface area is 79.4 Å². The summed E-state index contributed by atoms with van der Waals surface area (Å²) < 4.78 is 0. The number of hydrogen-bond acceptors (Lipinski definition) is 1. The van der Waals surface area contributed by atoms with Crippen LogP contribution in [0, 0.1) is 0 Å². The van der Waals surface area contributed by atoms with Gasteiger partial charge < -0.3 is 0 Å². The highest BCUT2D eigenvalue weighted by molar-refractivity contribution is 7.98. The highest BCUT2D eigenvalue weighted by atomic mass is 32.2. The summed E-state index contributed by atoms with van der Waals surface area (Å²) >= 11 is 1.81. The van der Waals surface area contributed by atoms with Crippen LogP contribution in [0.2, 0.25) is 0 Å². The van der Waals surface area contributed by atoms with Gasteiger partial charge in [0.2, 0.25) is 0 Å². The fraction of sp³-hybridized carbons (Fsp3) is 0.455. The molecule has 0 aromatic heterocycles. The van der Waals surface area contributed by atoms with Crippen LogP contribution in [0.4, 0.5) is 0 Å². The molecule has 12 heavy (non-hydrogen) atoms. The minimum absolute atomic E-state index is 0.692. The molecule has 0 bridgehead atoms. The monoisotopic (exact) mass is 180 g/mol. The van der Waals surface area contributed by atoms with E-state index in [-0.39, 0.29) is 0 Å². The van der Waals surface area contributed by atoms with Crippen molar-refractivity contribution in [2.45, 2.75) is 31.1 Å². The van der Waals surface area contributed by atoms with Crippen molar-refractivity contribution in [1.82, 2.24) is 0 Å². The van der Waals surface area contributed by atoms with Crippen molar-refractivity contribution >= 4 is 11.8 Å². The Hall–Kier alpha value is -0.430. The first-order chi connectivity index (χ1) is 5.77. The van der Waals surface area contributed by atoms with Gasteiger partial charge in [-0.3, -0.25) is 0 Å². The molecule has 0 saturated heterocycles. The van der Waals surface area contributed by atoms with Crippen LogP contribution in [-0.2, 0) is 0 Å². The molecule has 1 heteroatoms. The van der Waals surface area contributed by atoms with Crippen LogP contribution >= 0.6 is 11.8 Å². The van der Waals surface area contributed by atoms with Gasteiger partial charge in [-0.25, -0.2) is 0 Å². The van der Waals surface area contributed by atoms with Crippen molar-refractivity contribution in [2.75, 3.05) is 6.26 Å². The van der Waals surface area contributed by atoms with Gasteiger partial charge in [-0.15, -0.1) is 11.8 Å². The molecule has 0 aliphatic rings. The molecule has 0 N–H and O–H groups in total. The van der Waals surface area contributed by atoms with Gasteiger partial charge in [0, 0.05) is 4.90 Å². The summed E-state index contributed by atoms with van der Waals surface area (Å²) in [5, 5.41) is 0. The molecular formula is C11H16S. The Morgan fingerprint density at radius 2 is 2.17 bits per heavy atom. The predicted molar refractivity (Wildman–Crippen MR) is 56.9 cm³/mol. The van der Waals surface area contributed by atoms with E-state index in [2.05, 4.69) is 44.4 Å². The fourth-order valence-electron chi connectivity index (χ4n) is 1.18. The van der Waals surface area contributed by atoms with Gasteiger partial charge in [-0.05, 0) is 36.3 Å². The van der Waals surface area contributed by atoms with Gasteiger partial charge in [-0.1, -0.05) is 26.0 Å². The summed E-state index contributed by atoms with van der Waals surface area (Å²) in [6.45, 7) is 4.51. The molecular weight excluding hydrogens is 164 g/mol. The third-order valence-corrected chi connectivity index (χ3v) is 3.00. The predicted octanol–water partition coefficient (Wildman–Crippen LogP) is 3.92. The van der Waals surface area contributed by atoms with Crippen LogP contribution in [0.3, 0.4) is 0 Å². The molecule has 1 aromatic carbocycles. The van der Waals surface area contributed by atoms with Crippen LogP contribution < -0.4 is 0 Å². The summed E-state index contributed by atoms with van der Waals surface area (Å²) in [7, 11) is 0. The molecule has 0 amide bonds. The second-order valence-corrected chi connectivity index (χ2v) is 3.97. The summed E-state index contributed by atoms with van der Waals surface area (Å²) in [5.74, 6) is 0.692. The van der Waals surface area contributed by atoms with Crippen LogP contribution in [0.15, 0.2) is 29.2 Å². The first-order valence-corrected chi connectivity index (χ1v) is 5.64. The third kappa shape index (κ3) is 2.28. The van der Waals surface area contributed by atoms with E-state index in [1.807, 2.05) is 11.8 Å². The summed E-state index contributed by atoms with van der Waals surface area (Å²) in [4.78, 5) is 1.37. The number of thioether (sulfide) groups is 1. The van der Waals surface area contributed by atoms with Crippen molar-refractivity contribution in [1.29, 1.82) is 0 Å². The Bertz CT molecular complexity index is 243. The zero-order valence-corrected chi connectivity index (χ0v) is 8.82. The van der Waals surface area contributed by atoms with Gasteiger partial charge in [0.15, 0.2) is 0 Å². The Morgan fingerprint density at radius 3 is 2.75 bits per heavy atom. The molecule has 0 nitrogen and oxygen atoms in total. The maximum atomic E-state index is 2.29. The lowest BCUT2D eigenvalue weighted by Crippen LogP contribution is -1.90. The first kappa shape index (κ1) is 9.66. The van der Waals surface area contributed by atoms with E-state index in [1.165, 1.54) is 16.9 Å². The third-order valence-electron chi connectivity index (χ3n) is 2.28. The Kier molecular flexibility index (Phi) is 3.67. The zero-order chi connectivity index (χ0) is 8.97. The average Bonchev–Trinajstić information content (AvgIpc) is 2.17. The Balaban J connectivity index is 2.86. The molecule has 1 unspecified atom stereocenters. The van der Waals surface area contributed by atoms with E-state index < -0.39 is 0 Å². The van der Waals surface area contributed by atoms with Crippen LogP contribution in [-0.4, -0.2) is 6.26 Å². The average molecular weight is 180 g/mol. The van der Waals surface area contributed by atoms with Gasteiger partial charge in [-0.2, -0.15) is 0 Å². The molecule has 66 valence electrons. The molecule has 0 heterocycles. The van der Waals surface area contributed by atoms with Crippen molar-refractivity contribution in [3.63, 3.8) is 0 Å². The Morgan fingerprint density at radius 1 is 1.42 bits per heavy atom. The molecule has 0 saturated carbocycles. The smallest absolute Gasteiger partial charge is 0.00719 e. The van der Waals surface area contributed by atoms with Crippen molar-refractivity contribution < 1.29 is 0 Å². The lowest BCUT2D eigenvalue weighted by atomic mass is 9.99. The molecule has 0 fully saturated rings. The van der Waals surface area contributed by atoms with E-state index in [0.29, 0.717) is 5.92 Å². The van der Waals surface area contributed by atoms with Crippen molar-refractivity contribution in [3.8, 4) is 0 Å². The summed E-state index contributed by atoms with van der Waals surface area (Å²) in [5.41, 5.74) is 1.46. The van der Waals surface area contributed by atoms with E-state index >= 15 is 0 Å². The zero-order valence-electron chi connectivity index (χ0n) is 8.00. The van der Waals surface area contributed by atoms with E-state index in [9.17, 15) is 0 Å². The molecule has 0 aliphatic carbocycles. The van der Waals surface area contributed by atoms with Gasteiger partial charge in [0.25, 0.3) is 0 Å². The van der Waals surface area contributed by atoms with Crippen LogP contribution in [0.1, 0.15) is 31.7 Å². The highest BCUT2D eigenvalue weighted by Crippen LogP contribution is 2.23. The summed E-state index contributed by atoms with van der Waals surface area (Å²) in [6, 6.07) is 8.82. The molecule has 1 atom stereocenters. The standard InChI is InChI=1S/C11H16S/c1-4-9(2)10-6-5-7-11(8-10)12-3/h5-9H,4H2,1-3H3. The molecule has 1 rings (SSSR count). The van der Waals surface area contributed by atoms with Gasteiger partial charge in [0.1, 0.15) is 0 Å². The second kappa shape index (κ2) is 4.56. The first-order valence-electron chi connectivity index (χ1n) is 4.42. The lowest BCUT2D eigenvalue weighted by Gasteiger charge is -2.09. The van der Waals surface area contributed by atoms with E-state index in [0.717, 1.165) is 0 Å². The maximum Gasteiger partial charge on any atom is 0.00719 e. The van der Waals surface area contributed by atoms with Gasteiger partial charge >= 0.3 is 0 Å². The topological polar surface area (TPSA) is 0 Å². The van der Waals surface area contributed by atoms with E-state index in [4.69, 9.17) is 0 Å². The second-order valence-electron chi connectivity index (χ2n) is 3.09. The summed E-state index contributed by atoms with van der Waals surface area (Å²) in [6.07, 6.45) is 3.34. The minimum Gasteiger partial charge on any atom is -0.130 e. The van der Waals surface area contributed by atoms with Gasteiger partial charge in [0.05, 0.1) is 0 Å². The number of hydrogen-bond donors (Lipinski definition) is 0. The highest BCUT2D eigenvalue weighted by Gasteiger charge is 2.02. The molecule has 0 spiro atoms. The largest absolute Gasteiger partial charge is 0.130 e.